The van der Waals surface area contributed by atoms with Gasteiger partial charge in [0.05, 0.1) is 31.7 Å². The topological polar surface area (TPSA) is 84.5 Å². The summed E-state index contributed by atoms with van der Waals surface area (Å²) in [5, 5.41) is 6.87. The second-order valence-electron chi connectivity index (χ2n) is 5.57. The number of amides is 1. The van der Waals surface area contributed by atoms with E-state index < -0.39 is 6.04 Å². The molecule has 1 amide bonds. The number of carbonyl (C=O) groups is 2. The number of aromatic nitrogens is 2. The van der Waals surface area contributed by atoms with Crippen LogP contribution in [0.2, 0.25) is 0 Å². The van der Waals surface area contributed by atoms with E-state index in [1.807, 2.05) is 24.3 Å². The van der Waals surface area contributed by atoms with Crippen molar-refractivity contribution in [3.63, 3.8) is 0 Å². The summed E-state index contributed by atoms with van der Waals surface area (Å²) in [6, 6.07) is 6.84. The largest absolute Gasteiger partial charge is 0.497 e. The summed E-state index contributed by atoms with van der Waals surface area (Å²) < 4.78 is 10.0. The molecule has 126 valence electrons. The van der Waals surface area contributed by atoms with E-state index in [0.29, 0.717) is 30.0 Å². The molecule has 1 N–H and O–H groups in total. The van der Waals surface area contributed by atoms with Gasteiger partial charge in [-0.3, -0.25) is 9.89 Å². The summed E-state index contributed by atoms with van der Waals surface area (Å²) in [7, 11) is 2.92. The van der Waals surface area contributed by atoms with Crippen molar-refractivity contribution in [3.05, 3.63) is 36.0 Å². The average Bonchev–Trinajstić information content (AvgIpc) is 3.29. The number of nitrogens with zero attached hydrogens (tertiary/aromatic N) is 2. The van der Waals surface area contributed by atoms with Gasteiger partial charge in [0.15, 0.2) is 0 Å². The van der Waals surface area contributed by atoms with Crippen LogP contribution in [0.25, 0.3) is 11.3 Å². The van der Waals surface area contributed by atoms with E-state index in [1.165, 1.54) is 13.3 Å². The van der Waals surface area contributed by atoms with E-state index in [-0.39, 0.29) is 11.9 Å². The molecule has 1 atom stereocenters. The molecule has 7 heteroatoms. The number of likely N-dealkylation sites (tertiary alicyclic amines) is 1. The maximum atomic E-state index is 12.9. The van der Waals surface area contributed by atoms with Crippen molar-refractivity contribution in [2.24, 2.45) is 0 Å². The minimum Gasteiger partial charge on any atom is -0.497 e. The van der Waals surface area contributed by atoms with Crippen LogP contribution in [0.5, 0.6) is 5.75 Å². The lowest BCUT2D eigenvalue weighted by atomic mass is 10.1. The van der Waals surface area contributed by atoms with Gasteiger partial charge in [-0.05, 0) is 25.0 Å². The zero-order valence-electron chi connectivity index (χ0n) is 13.6. The summed E-state index contributed by atoms with van der Waals surface area (Å²) in [5.41, 5.74) is 1.83. The number of H-pyrrole nitrogens is 1. The summed E-state index contributed by atoms with van der Waals surface area (Å²) in [6.45, 7) is 0.529. The van der Waals surface area contributed by atoms with E-state index >= 15 is 0 Å². The highest BCUT2D eigenvalue weighted by molar-refractivity contribution is 6.01. The number of hydrogen-bond acceptors (Lipinski definition) is 5. The molecule has 1 aromatic heterocycles. The molecule has 1 unspecified atom stereocenters. The molecule has 0 spiro atoms. The summed E-state index contributed by atoms with van der Waals surface area (Å²) in [6.07, 6.45) is 2.88. The highest BCUT2D eigenvalue weighted by Gasteiger charge is 2.36. The van der Waals surface area contributed by atoms with Crippen LogP contribution in [-0.2, 0) is 9.53 Å². The first-order valence-electron chi connectivity index (χ1n) is 7.72. The van der Waals surface area contributed by atoms with Crippen LogP contribution < -0.4 is 4.74 Å². The third kappa shape index (κ3) is 2.84. The molecule has 3 rings (SSSR count). The number of benzene rings is 1. The van der Waals surface area contributed by atoms with Crippen molar-refractivity contribution in [2.75, 3.05) is 20.8 Å². The van der Waals surface area contributed by atoms with E-state index in [1.54, 1.807) is 12.0 Å². The predicted molar refractivity (Wildman–Crippen MR) is 86.7 cm³/mol. The number of nitrogens with one attached hydrogen (secondary N) is 1. The second-order valence-corrected chi connectivity index (χ2v) is 5.57. The van der Waals surface area contributed by atoms with Crippen LogP contribution in [0.4, 0.5) is 0 Å². The van der Waals surface area contributed by atoms with Crippen LogP contribution >= 0.6 is 0 Å². The number of ether oxygens (including phenoxy) is 2. The Bertz CT molecular complexity index is 756. The number of hydrogen-bond donors (Lipinski definition) is 1. The Morgan fingerprint density at radius 2 is 2.17 bits per heavy atom. The molecule has 0 bridgehead atoms. The highest BCUT2D eigenvalue weighted by Crippen LogP contribution is 2.28. The lowest BCUT2D eigenvalue weighted by Crippen LogP contribution is -2.41. The van der Waals surface area contributed by atoms with Gasteiger partial charge < -0.3 is 14.4 Å². The number of carbonyl (C=O) groups excluding carboxylic acids is 2. The molecule has 1 fully saturated rings. The van der Waals surface area contributed by atoms with Gasteiger partial charge >= 0.3 is 5.97 Å². The summed E-state index contributed by atoms with van der Waals surface area (Å²) >= 11 is 0. The van der Waals surface area contributed by atoms with Gasteiger partial charge in [0, 0.05) is 12.1 Å². The lowest BCUT2D eigenvalue weighted by Gasteiger charge is -2.22. The van der Waals surface area contributed by atoms with Crippen molar-refractivity contribution in [1.82, 2.24) is 15.1 Å². The second kappa shape index (κ2) is 6.74. The molecule has 1 saturated heterocycles. The summed E-state index contributed by atoms with van der Waals surface area (Å²) in [4.78, 5) is 26.4. The van der Waals surface area contributed by atoms with Gasteiger partial charge in [-0.15, -0.1) is 0 Å². The number of esters is 1. The Balaban J connectivity index is 1.92. The van der Waals surface area contributed by atoms with Gasteiger partial charge in [0.1, 0.15) is 11.8 Å². The molecule has 2 aromatic rings. The molecule has 1 aliphatic rings. The maximum Gasteiger partial charge on any atom is 0.328 e. The maximum absolute atomic E-state index is 12.9. The van der Waals surface area contributed by atoms with Crippen molar-refractivity contribution >= 4 is 11.9 Å². The predicted octanol–water partition coefficient (Wildman–Crippen LogP) is 1.86. The van der Waals surface area contributed by atoms with Gasteiger partial charge in [0.2, 0.25) is 0 Å². The number of rotatable bonds is 4. The normalized spacial score (nSPS) is 16.9. The minimum absolute atomic E-state index is 0.227. The molecular formula is C17H19N3O4. The van der Waals surface area contributed by atoms with E-state index in [9.17, 15) is 9.59 Å². The van der Waals surface area contributed by atoms with E-state index in [0.717, 1.165) is 12.0 Å². The molecule has 2 heterocycles. The van der Waals surface area contributed by atoms with Crippen molar-refractivity contribution in [2.45, 2.75) is 18.9 Å². The van der Waals surface area contributed by atoms with Crippen LogP contribution in [0.1, 0.15) is 23.2 Å². The Kier molecular flexibility index (Phi) is 4.50. The van der Waals surface area contributed by atoms with Crippen molar-refractivity contribution < 1.29 is 19.1 Å². The Labute approximate surface area is 139 Å². The van der Waals surface area contributed by atoms with Gasteiger partial charge in [0.25, 0.3) is 5.91 Å². The first kappa shape index (κ1) is 16.0. The van der Waals surface area contributed by atoms with E-state index in [2.05, 4.69) is 10.2 Å². The molecule has 0 aliphatic carbocycles. The van der Waals surface area contributed by atoms with Gasteiger partial charge in [-0.25, -0.2) is 4.79 Å². The molecule has 24 heavy (non-hydrogen) atoms. The zero-order chi connectivity index (χ0) is 17.1. The molecule has 0 radical (unpaired) electrons. The van der Waals surface area contributed by atoms with Gasteiger partial charge in [-0.2, -0.15) is 5.10 Å². The Hall–Kier alpha value is -2.83. The highest BCUT2D eigenvalue weighted by atomic mass is 16.5. The molecule has 7 nitrogen and oxygen atoms in total. The number of aromatic amines is 1. The smallest absolute Gasteiger partial charge is 0.328 e. The Morgan fingerprint density at radius 1 is 1.33 bits per heavy atom. The quantitative estimate of drug-likeness (QED) is 0.866. The third-order valence-corrected chi connectivity index (χ3v) is 4.22. The Morgan fingerprint density at radius 3 is 2.92 bits per heavy atom. The fourth-order valence-electron chi connectivity index (χ4n) is 2.99. The fourth-order valence-corrected chi connectivity index (χ4v) is 2.99. The SMILES string of the molecule is COC(=O)C1CCCN1C(=O)c1cn[nH]c1-c1cccc(OC)c1. The fraction of sp³-hybridized carbons (Fsp3) is 0.353. The first-order valence-corrected chi connectivity index (χ1v) is 7.72. The molecular weight excluding hydrogens is 310 g/mol. The molecule has 1 aliphatic heterocycles. The van der Waals surface area contributed by atoms with Crippen LogP contribution in [0.3, 0.4) is 0 Å². The van der Waals surface area contributed by atoms with Crippen LogP contribution in [-0.4, -0.2) is 53.8 Å². The van der Waals surface area contributed by atoms with Crippen molar-refractivity contribution in [1.29, 1.82) is 0 Å². The zero-order valence-corrected chi connectivity index (χ0v) is 13.6. The third-order valence-electron chi connectivity index (χ3n) is 4.22. The van der Waals surface area contributed by atoms with E-state index in [4.69, 9.17) is 9.47 Å². The number of methoxy groups -OCH3 is 2. The average molecular weight is 329 g/mol. The van der Waals surface area contributed by atoms with Gasteiger partial charge in [-0.1, -0.05) is 12.1 Å². The summed E-state index contributed by atoms with van der Waals surface area (Å²) in [5.74, 6) is 0.0795. The monoisotopic (exact) mass is 329 g/mol. The van der Waals surface area contributed by atoms with Crippen molar-refractivity contribution in [3.8, 4) is 17.0 Å². The standard InChI is InChI=1S/C17H19N3O4/c1-23-12-6-3-5-11(9-12)15-13(10-18-19-15)16(21)20-8-4-7-14(20)17(22)24-2/h3,5-6,9-10,14H,4,7-8H2,1-2H3,(H,18,19). The van der Waals surface area contributed by atoms with Crippen LogP contribution in [0, 0.1) is 0 Å². The molecule has 1 aromatic carbocycles. The minimum atomic E-state index is -0.532. The lowest BCUT2D eigenvalue weighted by molar-refractivity contribution is -0.145. The first-order chi connectivity index (χ1) is 11.7. The molecule has 0 saturated carbocycles. The van der Waals surface area contributed by atoms with Crippen LogP contribution in [0.15, 0.2) is 30.5 Å².